The zero-order valence-corrected chi connectivity index (χ0v) is 14.8. The number of pyridine rings is 1. The molecule has 0 aliphatic heterocycles. The fraction of sp³-hybridized carbons (Fsp3) is 0.333. The topological polar surface area (TPSA) is 106 Å². The van der Waals surface area contributed by atoms with Crippen LogP contribution >= 0.6 is 0 Å². The van der Waals surface area contributed by atoms with E-state index < -0.39 is 0 Å². The van der Waals surface area contributed by atoms with Gasteiger partial charge in [0.15, 0.2) is 5.65 Å². The summed E-state index contributed by atoms with van der Waals surface area (Å²) >= 11 is 0. The predicted octanol–water partition coefficient (Wildman–Crippen LogP) is 2.06. The highest BCUT2D eigenvalue weighted by molar-refractivity contribution is 5.80. The molecule has 8 heteroatoms. The molecule has 4 N–H and O–H groups in total. The molecular formula is C18H21N7O. The van der Waals surface area contributed by atoms with Gasteiger partial charge in [-0.25, -0.2) is 14.3 Å². The van der Waals surface area contributed by atoms with Gasteiger partial charge in [-0.05, 0) is 26.0 Å². The van der Waals surface area contributed by atoms with Crippen LogP contribution in [-0.4, -0.2) is 37.8 Å². The third-order valence-electron chi connectivity index (χ3n) is 4.26. The van der Waals surface area contributed by atoms with E-state index in [1.54, 1.807) is 0 Å². The fourth-order valence-electron chi connectivity index (χ4n) is 2.74. The van der Waals surface area contributed by atoms with Gasteiger partial charge in [0.25, 0.3) is 5.69 Å². The van der Waals surface area contributed by atoms with Crippen molar-refractivity contribution in [2.75, 3.05) is 24.2 Å². The lowest BCUT2D eigenvalue weighted by atomic mass is 10.2. The summed E-state index contributed by atoms with van der Waals surface area (Å²) in [5, 5.41) is 16.6. The number of hydrogen-bond donors (Lipinski definition) is 3. The second kappa shape index (κ2) is 7.37. The number of aromatic nitrogens is 4. The third kappa shape index (κ3) is 3.30. The van der Waals surface area contributed by atoms with Crippen LogP contribution in [0.15, 0.2) is 18.2 Å². The van der Waals surface area contributed by atoms with Crippen LogP contribution in [0.2, 0.25) is 0 Å². The number of nitrogens with one attached hydrogen (secondary N) is 1. The van der Waals surface area contributed by atoms with Crippen LogP contribution in [0.1, 0.15) is 22.6 Å². The SMILES string of the molecule is [C-]#[N+]c1c(NCCc2cccc(CCO)n2)nc2c(C)c(C)nn2c1N. The van der Waals surface area contributed by atoms with Gasteiger partial charge in [-0.1, -0.05) is 6.07 Å². The molecule has 0 spiro atoms. The molecule has 3 heterocycles. The molecule has 0 aliphatic rings. The van der Waals surface area contributed by atoms with E-state index in [1.807, 2.05) is 32.0 Å². The Bertz CT molecular complexity index is 987. The van der Waals surface area contributed by atoms with Crippen LogP contribution in [0.5, 0.6) is 0 Å². The molecule has 26 heavy (non-hydrogen) atoms. The fourth-order valence-corrected chi connectivity index (χ4v) is 2.74. The van der Waals surface area contributed by atoms with Crippen molar-refractivity contribution in [3.63, 3.8) is 0 Å². The van der Waals surface area contributed by atoms with E-state index in [1.165, 1.54) is 4.52 Å². The molecule has 3 rings (SSSR count). The smallest absolute Gasteiger partial charge is 0.268 e. The van der Waals surface area contributed by atoms with Gasteiger partial charge in [0.05, 0.1) is 12.3 Å². The van der Waals surface area contributed by atoms with Gasteiger partial charge in [-0.3, -0.25) is 4.98 Å². The number of anilines is 2. The van der Waals surface area contributed by atoms with E-state index in [-0.39, 0.29) is 18.1 Å². The Morgan fingerprint density at radius 1 is 1.23 bits per heavy atom. The molecule has 3 aromatic rings. The molecule has 0 saturated heterocycles. The highest BCUT2D eigenvalue weighted by Crippen LogP contribution is 2.32. The lowest BCUT2D eigenvalue weighted by molar-refractivity contribution is 0.298. The highest BCUT2D eigenvalue weighted by Gasteiger charge is 2.17. The first kappa shape index (κ1) is 17.6. The maximum Gasteiger partial charge on any atom is 0.268 e. The normalized spacial score (nSPS) is 10.8. The maximum atomic E-state index is 9.02. The van der Waals surface area contributed by atoms with Crippen molar-refractivity contribution < 1.29 is 5.11 Å². The van der Waals surface area contributed by atoms with Crippen molar-refractivity contribution in [3.05, 3.63) is 52.3 Å². The molecule has 0 atom stereocenters. The number of nitrogens with two attached hydrogens (primary N) is 1. The van der Waals surface area contributed by atoms with E-state index >= 15 is 0 Å². The summed E-state index contributed by atoms with van der Waals surface area (Å²) in [6, 6.07) is 5.76. The Balaban J connectivity index is 1.81. The second-order valence-electron chi connectivity index (χ2n) is 6.02. The summed E-state index contributed by atoms with van der Waals surface area (Å²) in [6.45, 7) is 11.9. The van der Waals surface area contributed by atoms with Crippen molar-refractivity contribution in [2.45, 2.75) is 26.7 Å². The number of fused-ring (bicyclic) bond motifs is 1. The van der Waals surface area contributed by atoms with Crippen molar-refractivity contribution in [2.24, 2.45) is 0 Å². The van der Waals surface area contributed by atoms with Gasteiger partial charge < -0.3 is 16.2 Å². The van der Waals surface area contributed by atoms with Gasteiger partial charge >= 0.3 is 0 Å². The van der Waals surface area contributed by atoms with Crippen molar-refractivity contribution in [1.29, 1.82) is 0 Å². The monoisotopic (exact) mass is 351 g/mol. The predicted molar refractivity (Wildman–Crippen MR) is 100 cm³/mol. The van der Waals surface area contributed by atoms with E-state index in [0.717, 1.165) is 22.6 Å². The van der Waals surface area contributed by atoms with Crippen molar-refractivity contribution >= 4 is 23.0 Å². The van der Waals surface area contributed by atoms with Gasteiger partial charge in [0.2, 0.25) is 0 Å². The van der Waals surface area contributed by atoms with E-state index in [0.29, 0.717) is 30.9 Å². The molecule has 0 bridgehead atoms. The van der Waals surface area contributed by atoms with Crippen LogP contribution in [0.3, 0.4) is 0 Å². The van der Waals surface area contributed by atoms with Gasteiger partial charge in [0.1, 0.15) is 11.6 Å². The molecule has 8 nitrogen and oxygen atoms in total. The van der Waals surface area contributed by atoms with E-state index in [9.17, 15) is 0 Å². The second-order valence-corrected chi connectivity index (χ2v) is 6.02. The molecule has 0 aromatic carbocycles. The Morgan fingerprint density at radius 3 is 2.65 bits per heavy atom. The number of nitrogen functional groups attached to an aromatic ring is 1. The number of aryl methyl sites for hydroxylation is 2. The number of rotatable bonds is 6. The standard InChI is InChI=1S/C18H21N7O/c1-11-12(2)24-25-16(19)15(20-3)17(23-18(11)25)21-9-7-13-5-4-6-14(22-13)8-10-26/h4-6,26H,7-10,19H2,1-2H3,(H,21,23). The summed E-state index contributed by atoms with van der Waals surface area (Å²) in [5.74, 6) is 0.742. The minimum absolute atomic E-state index is 0.0798. The summed E-state index contributed by atoms with van der Waals surface area (Å²) < 4.78 is 1.52. The summed E-state index contributed by atoms with van der Waals surface area (Å²) in [6.07, 6.45) is 1.21. The third-order valence-corrected chi connectivity index (χ3v) is 4.26. The van der Waals surface area contributed by atoms with E-state index in [2.05, 4.69) is 25.2 Å². The number of nitrogens with zero attached hydrogens (tertiary/aromatic N) is 5. The van der Waals surface area contributed by atoms with Crippen LogP contribution in [0.4, 0.5) is 17.3 Å². The van der Waals surface area contributed by atoms with Gasteiger partial charge in [0, 0.05) is 42.9 Å². The Morgan fingerprint density at radius 2 is 1.96 bits per heavy atom. The van der Waals surface area contributed by atoms with Gasteiger partial charge in [-0.2, -0.15) is 5.10 Å². The summed E-state index contributed by atoms with van der Waals surface area (Å²) in [5.41, 5.74) is 10.6. The maximum absolute atomic E-state index is 9.02. The summed E-state index contributed by atoms with van der Waals surface area (Å²) in [7, 11) is 0. The Labute approximate surface area is 151 Å². The average molecular weight is 351 g/mol. The molecular weight excluding hydrogens is 330 g/mol. The first-order chi connectivity index (χ1) is 12.5. The average Bonchev–Trinajstić information content (AvgIpc) is 2.91. The molecule has 0 unspecified atom stereocenters. The summed E-state index contributed by atoms with van der Waals surface area (Å²) in [4.78, 5) is 12.6. The lowest BCUT2D eigenvalue weighted by Gasteiger charge is -2.11. The molecule has 0 saturated carbocycles. The molecule has 0 aliphatic carbocycles. The van der Waals surface area contributed by atoms with Crippen molar-refractivity contribution in [1.82, 2.24) is 19.6 Å². The zero-order valence-electron chi connectivity index (χ0n) is 14.8. The number of aliphatic hydroxyl groups is 1. The quantitative estimate of drug-likeness (QED) is 0.587. The highest BCUT2D eigenvalue weighted by atomic mass is 16.3. The zero-order chi connectivity index (χ0) is 18.7. The molecule has 0 fully saturated rings. The minimum Gasteiger partial charge on any atom is -0.396 e. The molecule has 0 amide bonds. The number of aliphatic hydroxyl groups excluding tert-OH is 1. The van der Waals surface area contributed by atoms with E-state index in [4.69, 9.17) is 17.4 Å². The first-order valence-corrected chi connectivity index (χ1v) is 8.37. The molecule has 3 aromatic heterocycles. The Kier molecular flexibility index (Phi) is 5.00. The van der Waals surface area contributed by atoms with Crippen LogP contribution in [-0.2, 0) is 12.8 Å². The molecule has 0 radical (unpaired) electrons. The largest absolute Gasteiger partial charge is 0.396 e. The first-order valence-electron chi connectivity index (χ1n) is 8.37. The van der Waals surface area contributed by atoms with Crippen LogP contribution < -0.4 is 11.1 Å². The van der Waals surface area contributed by atoms with Crippen LogP contribution in [0.25, 0.3) is 10.5 Å². The Hall–Kier alpha value is -3.18. The lowest BCUT2D eigenvalue weighted by Crippen LogP contribution is -2.11. The van der Waals surface area contributed by atoms with Gasteiger partial charge in [-0.15, -0.1) is 0 Å². The van der Waals surface area contributed by atoms with Crippen molar-refractivity contribution in [3.8, 4) is 0 Å². The molecule has 134 valence electrons. The minimum atomic E-state index is 0.0798. The number of hydrogen-bond acceptors (Lipinski definition) is 6. The van der Waals surface area contributed by atoms with Crippen LogP contribution in [0, 0.1) is 20.4 Å².